The number of nitrogens with one attached hydrogen (secondary N) is 1. The van der Waals surface area contributed by atoms with Crippen LogP contribution in [0.1, 0.15) is 63.5 Å². The van der Waals surface area contributed by atoms with E-state index in [1.807, 2.05) is 54.9 Å². The molecular formula is C25H27N3O2. The number of carbonyl (C=O) groups is 2. The van der Waals surface area contributed by atoms with Crippen LogP contribution in [0.2, 0.25) is 0 Å². The summed E-state index contributed by atoms with van der Waals surface area (Å²) in [5.41, 5.74) is 6.13. The van der Waals surface area contributed by atoms with E-state index in [4.69, 9.17) is 0 Å². The molecule has 4 rings (SSSR count). The largest absolute Gasteiger partial charge is 0.348 e. The maximum absolute atomic E-state index is 12.6. The molecule has 1 amide bonds. The Morgan fingerprint density at radius 2 is 1.70 bits per heavy atom. The Labute approximate surface area is 177 Å². The second-order valence-corrected chi connectivity index (χ2v) is 8.98. The van der Waals surface area contributed by atoms with Crippen molar-refractivity contribution in [2.75, 3.05) is 0 Å². The summed E-state index contributed by atoms with van der Waals surface area (Å²) in [6.45, 7) is 8.64. The van der Waals surface area contributed by atoms with Gasteiger partial charge in [0, 0.05) is 18.5 Å². The van der Waals surface area contributed by atoms with Crippen LogP contribution in [0.25, 0.3) is 5.69 Å². The average molecular weight is 402 g/mol. The highest BCUT2D eigenvalue weighted by Gasteiger charge is 2.35. The van der Waals surface area contributed by atoms with Crippen LogP contribution < -0.4 is 5.32 Å². The van der Waals surface area contributed by atoms with E-state index in [0.29, 0.717) is 18.5 Å². The van der Waals surface area contributed by atoms with Crippen molar-refractivity contribution in [2.24, 2.45) is 5.41 Å². The van der Waals surface area contributed by atoms with Crippen LogP contribution in [0.5, 0.6) is 0 Å². The Hall–Kier alpha value is -3.21. The van der Waals surface area contributed by atoms with Crippen LogP contribution in [0.4, 0.5) is 0 Å². The van der Waals surface area contributed by atoms with E-state index in [0.717, 1.165) is 34.6 Å². The minimum absolute atomic E-state index is 0.0793. The van der Waals surface area contributed by atoms with Gasteiger partial charge in [0.25, 0.3) is 5.91 Å². The highest BCUT2D eigenvalue weighted by molar-refractivity contribution is 6.00. The Morgan fingerprint density at radius 3 is 2.37 bits per heavy atom. The lowest BCUT2D eigenvalue weighted by molar-refractivity contribution is 0.0908. The van der Waals surface area contributed by atoms with Gasteiger partial charge >= 0.3 is 0 Å². The second-order valence-electron chi connectivity index (χ2n) is 8.98. The lowest BCUT2D eigenvalue weighted by atomic mass is 9.75. The van der Waals surface area contributed by atoms with E-state index in [9.17, 15) is 9.59 Å². The Balaban J connectivity index is 1.53. The number of hydrogen-bond acceptors (Lipinski definition) is 3. The van der Waals surface area contributed by atoms with Gasteiger partial charge < -0.3 is 5.32 Å². The lowest BCUT2D eigenvalue weighted by Gasteiger charge is -2.29. The standard InChI is InChI=1S/C25H27N3O2/c1-16-5-7-18(8-6-16)15-26-24(30)19-9-11-20(12-10-19)28-21-13-25(3,4)14-22(29)23(21)17(2)27-28/h5-12H,13-15H2,1-4H3,(H,26,30). The number of aromatic nitrogens is 2. The summed E-state index contributed by atoms with van der Waals surface area (Å²) in [5.74, 6) is 0.0502. The maximum Gasteiger partial charge on any atom is 0.251 e. The predicted molar refractivity (Wildman–Crippen MR) is 117 cm³/mol. The van der Waals surface area contributed by atoms with E-state index in [-0.39, 0.29) is 17.1 Å². The molecule has 0 aliphatic heterocycles. The number of rotatable bonds is 4. The van der Waals surface area contributed by atoms with Gasteiger partial charge in [0.1, 0.15) is 0 Å². The lowest BCUT2D eigenvalue weighted by Crippen LogP contribution is -2.28. The predicted octanol–water partition coefficient (Wildman–Crippen LogP) is 4.57. The minimum Gasteiger partial charge on any atom is -0.348 e. The molecule has 3 aromatic rings. The van der Waals surface area contributed by atoms with Crippen molar-refractivity contribution in [2.45, 2.75) is 47.1 Å². The number of fused-ring (bicyclic) bond motifs is 1. The molecule has 5 nitrogen and oxygen atoms in total. The summed E-state index contributed by atoms with van der Waals surface area (Å²) in [6, 6.07) is 15.5. The average Bonchev–Trinajstić information content (AvgIpc) is 3.02. The zero-order chi connectivity index (χ0) is 21.5. The monoisotopic (exact) mass is 401 g/mol. The molecule has 0 radical (unpaired) electrons. The summed E-state index contributed by atoms with van der Waals surface area (Å²) in [6.07, 6.45) is 1.35. The SMILES string of the molecule is Cc1ccc(CNC(=O)c2ccc(-n3nc(C)c4c3CC(C)(C)CC4=O)cc2)cc1. The van der Waals surface area contributed by atoms with Crippen LogP contribution in [0.15, 0.2) is 48.5 Å². The Bertz CT molecular complexity index is 1110. The molecule has 0 unspecified atom stereocenters. The van der Waals surface area contributed by atoms with E-state index in [2.05, 4.69) is 24.3 Å². The van der Waals surface area contributed by atoms with E-state index >= 15 is 0 Å². The van der Waals surface area contributed by atoms with Crippen molar-refractivity contribution in [3.8, 4) is 5.69 Å². The summed E-state index contributed by atoms with van der Waals surface area (Å²) in [5, 5.41) is 7.59. The first-order valence-electron chi connectivity index (χ1n) is 10.3. The third-order valence-corrected chi connectivity index (χ3v) is 5.67. The van der Waals surface area contributed by atoms with Gasteiger partial charge in [0.15, 0.2) is 5.78 Å². The van der Waals surface area contributed by atoms with Crippen LogP contribution in [-0.4, -0.2) is 21.5 Å². The molecule has 1 N–H and O–H groups in total. The van der Waals surface area contributed by atoms with E-state index < -0.39 is 0 Å². The third kappa shape index (κ3) is 3.92. The molecule has 0 saturated heterocycles. The van der Waals surface area contributed by atoms with Crippen molar-refractivity contribution in [3.05, 3.63) is 82.2 Å². The number of benzene rings is 2. The summed E-state index contributed by atoms with van der Waals surface area (Å²) >= 11 is 0. The fourth-order valence-electron chi connectivity index (χ4n) is 4.10. The first-order valence-corrected chi connectivity index (χ1v) is 10.3. The summed E-state index contributed by atoms with van der Waals surface area (Å²) in [4.78, 5) is 25.1. The van der Waals surface area contributed by atoms with Crippen LogP contribution in [0.3, 0.4) is 0 Å². The number of hydrogen-bond donors (Lipinski definition) is 1. The Morgan fingerprint density at radius 1 is 1.03 bits per heavy atom. The number of ketones is 1. The molecule has 2 aromatic carbocycles. The van der Waals surface area contributed by atoms with Gasteiger partial charge in [0.2, 0.25) is 0 Å². The van der Waals surface area contributed by atoms with Crippen LogP contribution >= 0.6 is 0 Å². The van der Waals surface area contributed by atoms with Crippen molar-refractivity contribution in [3.63, 3.8) is 0 Å². The van der Waals surface area contributed by atoms with E-state index in [1.54, 1.807) is 12.1 Å². The topological polar surface area (TPSA) is 64.0 Å². The van der Waals surface area contributed by atoms with Crippen molar-refractivity contribution in [1.82, 2.24) is 15.1 Å². The van der Waals surface area contributed by atoms with Crippen molar-refractivity contribution in [1.29, 1.82) is 0 Å². The second kappa shape index (κ2) is 7.56. The van der Waals surface area contributed by atoms with Gasteiger partial charge in [-0.25, -0.2) is 4.68 Å². The minimum atomic E-state index is -0.114. The Kier molecular flexibility index (Phi) is 5.06. The molecule has 1 aromatic heterocycles. The number of aryl methyl sites for hydroxylation is 2. The first-order chi connectivity index (χ1) is 14.2. The smallest absolute Gasteiger partial charge is 0.251 e. The molecule has 5 heteroatoms. The number of Topliss-reactive ketones (excluding diaryl/α,β-unsaturated/α-hetero) is 1. The fraction of sp³-hybridized carbons (Fsp3) is 0.320. The van der Waals surface area contributed by atoms with Crippen LogP contribution in [-0.2, 0) is 13.0 Å². The summed E-state index contributed by atoms with van der Waals surface area (Å²) < 4.78 is 1.86. The molecule has 0 bridgehead atoms. The normalized spacial score (nSPS) is 15.0. The third-order valence-electron chi connectivity index (χ3n) is 5.67. The van der Waals surface area contributed by atoms with Crippen molar-refractivity contribution >= 4 is 11.7 Å². The number of carbonyl (C=O) groups excluding carboxylic acids is 2. The highest BCUT2D eigenvalue weighted by Crippen LogP contribution is 2.36. The molecule has 0 fully saturated rings. The molecule has 0 spiro atoms. The fourth-order valence-corrected chi connectivity index (χ4v) is 4.10. The first kappa shape index (κ1) is 20.1. The van der Waals surface area contributed by atoms with Crippen LogP contribution in [0, 0.1) is 19.3 Å². The molecule has 154 valence electrons. The molecule has 1 aliphatic rings. The highest BCUT2D eigenvalue weighted by atomic mass is 16.1. The van der Waals surface area contributed by atoms with E-state index in [1.165, 1.54) is 5.56 Å². The molecular weight excluding hydrogens is 374 g/mol. The van der Waals surface area contributed by atoms with Crippen molar-refractivity contribution < 1.29 is 9.59 Å². The number of amides is 1. The molecule has 1 aliphatic carbocycles. The zero-order valence-electron chi connectivity index (χ0n) is 18.0. The molecule has 0 saturated carbocycles. The molecule has 30 heavy (non-hydrogen) atoms. The quantitative estimate of drug-likeness (QED) is 0.696. The van der Waals surface area contributed by atoms with Gasteiger partial charge in [-0.05, 0) is 55.5 Å². The van der Waals surface area contributed by atoms with Gasteiger partial charge in [-0.15, -0.1) is 0 Å². The van der Waals surface area contributed by atoms with Gasteiger partial charge in [-0.2, -0.15) is 5.10 Å². The van der Waals surface area contributed by atoms with Gasteiger partial charge in [-0.3, -0.25) is 9.59 Å². The van der Waals surface area contributed by atoms with Gasteiger partial charge in [-0.1, -0.05) is 43.7 Å². The zero-order valence-corrected chi connectivity index (χ0v) is 18.0. The van der Waals surface area contributed by atoms with Gasteiger partial charge in [0.05, 0.1) is 22.6 Å². The molecule has 0 atom stereocenters. The summed E-state index contributed by atoms with van der Waals surface area (Å²) in [7, 11) is 0. The maximum atomic E-state index is 12.6. The number of nitrogens with zero attached hydrogens (tertiary/aromatic N) is 2. The molecule has 1 heterocycles.